The van der Waals surface area contributed by atoms with E-state index in [1.807, 2.05) is 0 Å². The van der Waals surface area contributed by atoms with Crippen molar-refractivity contribution in [1.82, 2.24) is 14.6 Å². The highest BCUT2D eigenvalue weighted by atomic mass is 79.9. The fourth-order valence-electron chi connectivity index (χ4n) is 1.18. The van der Waals surface area contributed by atoms with Crippen molar-refractivity contribution in [2.45, 2.75) is 5.16 Å². The van der Waals surface area contributed by atoms with Crippen LogP contribution in [0.2, 0.25) is 5.15 Å². The highest BCUT2D eigenvalue weighted by Gasteiger charge is 2.21. The summed E-state index contributed by atoms with van der Waals surface area (Å²) in [5.41, 5.74) is 0.167. The summed E-state index contributed by atoms with van der Waals surface area (Å²) in [6, 6.07) is 1.55. The number of pyridine rings is 1. The van der Waals surface area contributed by atoms with Crippen LogP contribution in [0.3, 0.4) is 0 Å². The number of ether oxygens (including phenoxy) is 1. The lowest BCUT2D eigenvalue weighted by Gasteiger charge is -2.04. The van der Waals surface area contributed by atoms with E-state index in [2.05, 4.69) is 26.0 Å². The number of hydrogen-bond acceptors (Lipinski definition) is 5. The van der Waals surface area contributed by atoms with E-state index in [1.54, 1.807) is 6.07 Å². The molecular formula is C7H4BrCl2N3O3S. The normalized spacial score (nSPS) is 12.0. The Hall–Kier alpha value is -0.570. The molecule has 0 N–H and O–H groups in total. The molecule has 2 heterocycles. The SMILES string of the molecule is COc1cc(Br)c(Cl)n2nc(S(=O)(=O)Cl)nc12. The van der Waals surface area contributed by atoms with Crippen molar-refractivity contribution >= 4 is 52.9 Å². The van der Waals surface area contributed by atoms with E-state index in [1.165, 1.54) is 7.11 Å². The molecule has 0 bridgehead atoms. The average Bonchev–Trinajstić information content (AvgIpc) is 2.68. The van der Waals surface area contributed by atoms with E-state index in [-0.39, 0.29) is 10.8 Å². The molecule has 0 aliphatic carbocycles. The first-order valence-corrected chi connectivity index (χ1v) is 7.56. The molecule has 0 aliphatic rings. The highest BCUT2D eigenvalue weighted by molar-refractivity contribution is 9.10. The fourth-order valence-corrected chi connectivity index (χ4v) is 2.30. The molecule has 0 radical (unpaired) electrons. The van der Waals surface area contributed by atoms with Crippen LogP contribution in [0.1, 0.15) is 0 Å². The second-order valence-electron chi connectivity index (χ2n) is 2.92. The van der Waals surface area contributed by atoms with Gasteiger partial charge in [-0.25, -0.2) is 8.42 Å². The molecule has 2 aromatic rings. The number of nitrogens with zero attached hydrogens (tertiary/aromatic N) is 3. The molecule has 0 aliphatic heterocycles. The van der Waals surface area contributed by atoms with E-state index in [4.69, 9.17) is 27.0 Å². The molecule has 0 amide bonds. The third kappa shape index (κ3) is 2.22. The lowest BCUT2D eigenvalue weighted by molar-refractivity contribution is 0.416. The molecule has 0 spiro atoms. The van der Waals surface area contributed by atoms with Gasteiger partial charge in [-0.15, -0.1) is 5.10 Å². The van der Waals surface area contributed by atoms with Crippen LogP contribution in [0.5, 0.6) is 5.75 Å². The second kappa shape index (κ2) is 4.27. The highest BCUT2D eigenvalue weighted by Crippen LogP contribution is 2.31. The summed E-state index contributed by atoms with van der Waals surface area (Å²) in [5.74, 6) is 0.320. The van der Waals surface area contributed by atoms with Crippen molar-refractivity contribution < 1.29 is 13.2 Å². The Morgan fingerprint density at radius 1 is 1.53 bits per heavy atom. The molecule has 6 nitrogen and oxygen atoms in total. The van der Waals surface area contributed by atoms with Gasteiger partial charge in [-0.2, -0.15) is 9.50 Å². The van der Waals surface area contributed by atoms with E-state index in [0.717, 1.165) is 4.52 Å². The number of hydrogen-bond donors (Lipinski definition) is 0. The van der Waals surface area contributed by atoms with Crippen LogP contribution < -0.4 is 4.74 Å². The lowest BCUT2D eigenvalue weighted by Crippen LogP contribution is -1.96. The van der Waals surface area contributed by atoms with E-state index >= 15 is 0 Å². The van der Waals surface area contributed by atoms with Gasteiger partial charge in [0.2, 0.25) is 5.65 Å². The number of halogens is 3. The number of fused-ring (bicyclic) bond motifs is 1. The summed E-state index contributed by atoms with van der Waals surface area (Å²) in [6.45, 7) is 0. The second-order valence-corrected chi connectivity index (χ2v) is 6.59. The molecule has 0 unspecified atom stereocenters. The smallest absolute Gasteiger partial charge is 0.298 e. The van der Waals surface area contributed by atoms with Gasteiger partial charge < -0.3 is 4.74 Å². The molecule has 17 heavy (non-hydrogen) atoms. The van der Waals surface area contributed by atoms with Gasteiger partial charge in [-0.05, 0) is 15.9 Å². The van der Waals surface area contributed by atoms with Crippen LogP contribution in [-0.4, -0.2) is 30.1 Å². The first kappa shape index (κ1) is 12.9. The minimum atomic E-state index is -4.02. The Morgan fingerprint density at radius 3 is 2.71 bits per heavy atom. The minimum absolute atomic E-state index is 0.167. The van der Waals surface area contributed by atoms with Gasteiger partial charge >= 0.3 is 0 Å². The van der Waals surface area contributed by atoms with Crippen molar-refractivity contribution in [2.75, 3.05) is 7.11 Å². The summed E-state index contributed by atoms with van der Waals surface area (Å²) >= 11 is 9.12. The van der Waals surface area contributed by atoms with Gasteiger partial charge in [0.25, 0.3) is 14.2 Å². The van der Waals surface area contributed by atoms with Crippen LogP contribution in [0.25, 0.3) is 5.65 Å². The number of aromatic nitrogens is 3. The van der Waals surface area contributed by atoms with Crippen molar-refractivity contribution in [3.05, 3.63) is 15.7 Å². The Bertz CT molecular complexity index is 700. The van der Waals surface area contributed by atoms with Crippen molar-refractivity contribution in [3.8, 4) is 5.75 Å². The Labute approximate surface area is 114 Å². The fraction of sp³-hybridized carbons (Fsp3) is 0.143. The van der Waals surface area contributed by atoms with Gasteiger partial charge in [0.05, 0.1) is 11.6 Å². The van der Waals surface area contributed by atoms with Crippen LogP contribution in [0.4, 0.5) is 0 Å². The molecule has 2 aromatic heterocycles. The predicted molar refractivity (Wildman–Crippen MR) is 65.3 cm³/mol. The van der Waals surface area contributed by atoms with Crippen LogP contribution in [-0.2, 0) is 9.05 Å². The zero-order chi connectivity index (χ0) is 12.8. The summed E-state index contributed by atoms with van der Waals surface area (Å²) in [4.78, 5) is 3.76. The average molecular weight is 361 g/mol. The van der Waals surface area contributed by atoms with E-state index in [0.29, 0.717) is 10.2 Å². The standard InChI is InChI=1S/C7H4BrCl2N3O3S/c1-16-4-2-3(8)5(9)13-6(4)11-7(12-13)17(10,14)15/h2H,1H3. The van der Waals surface area contributed by atoms with Gasteiger partial charge in [-0.3, -0.25) is 0 Å². The maximum atomic E-state index is 11.1. The summed E-state index contributed by atoms with van der Waals surface area (Å²) in [6.07, 6.45) is 0. The molecule has 0 aromatic carbocycles. The van der Waals surface area contributed by atoms with Gasteiger partial charge in [0, 0.05) is 16.7 Å². The largest absolute Gasteiger partial charge is 0.493 e. The monoisotopic (exact) mass is 359 g/mol. The number of methoxy groups -OCH3 is 1. The van der Waals surface area contributed by atoms with Crippen LogP contribution >= 0.6 is 38.2 Å². The van der Waals surface area contributed by atoms with Gasteiger partial charge in [0.15, 0.2) is 5.75 Å². The first-order chi connectivity index (χ1) is 7.84. The molecule has 0 fully saturated rings. The first-order valence-electron chi connectivity index (χ1n) is 4.08. The zero-order valence-corrected chi connectivity index (χ0v) is 12.1. The maximum Gasteiger partial charge on any atom is 0.298 e. The minimum Gasteiger partial charge on any atom is -0.493 e. The topological polar surface area (TPSA) is 73.6 Å². The quantitative estimate of drug-likeness (QED) is 0.605. The molecule has 0 saturated heterocycles. The van der Waals surface area contributed by atoms with E-state index in [9.17, 15) is 8.42 Å². The van der Waals surface area contributed by atoms with Gasteiger partial charge in [-0.1, -0.05) is 11.6 Å². The van der Waals surface area contributed by atoms with Crippen LogP contribution in [0, 0.1) is 0 Å². The Morgan fingerprint density at radius 2 is 2.18 bits per heavy atom. The van der Waals surface area contributed by atoms with E-state index < -0.39 is 14.2 Å². The molecule has 92 valence electrons. The van der Waals surface area contributed by atoms with Crippen molar-refractivity contribution in [3.63, 3.8) is 0 Å². The third-order valence-corrected chi connectivity index (χ3v) is 4.11. The molecule has 2 rings (SSSR count). The molecular weight excluding hydrogens is 357 g/mol. The molecule has 10 heteroatoms. The predicted octanol–water partition coefficient (Wildman–Crippen LogP) is 2.08. The molecule has 0 saturated carbocycles. The van der Waals surface area contributed by atoms with Gasteiger partial charge in [0.1, 0.15) is 5.15 Å². The number of rotatable bonds is 2. The van der Waals surface area contributed by atoms with Crippen molar-refractivity contribution in [2.24, 2.45) is 0 Å². The summed E-state index contributed by atoms with van der Waals surface area (Å²) in [7, 11) is 2.55. The lowest BCUT2D eigenvalue weighted by atomic mass is 10.4. The summed E-state index contributed by atoms with van der Waals surface area (Å²) < 4.78 is 28.9. The summed E-state index contributed by atoms with van der Waals surface area (Å²) in [5, 5.41) is 3.33. The Kier molecular flexibility index (Phi) is 3.23. The van der Waals surface area contributed by atoms with Crippen molar-refractivity contribution in [1.29, 1.82) is 0 Å². The molecule has 0 atom stereocenters. The van der Waals surface area contributed by atoms with Crippen LogP contribution in [0.15, 0.2) is 15.7 Å². The zero-order valence-electron chi connectivity index (χ0n) is 8.19. The Balaban J connectivity index is 2.89. The third-order valence-electron chi connectivity index (χ3n) is 1.89. The maximum absolute atomic E-state index is 11.1.